The molecule has 0 aliphatic rings. The monoisotopic (exact) mass is 301 g/mol. The van der Waals surface area contributed by atoms with E-state index in [0.29, 0.717) is 10.6 Å². The maximum Gasteiger partial charge on any atom is 0.355 e. The summed E-state index contributed by atoms with van der Waals surface area (Å²) in [6.45, 7) is 0.205. The molecule has 1 amide bonds. The summed E-state index contributed by atoms with van der Waals surface area (Å²) in [6, 6.07) is 7.52. The van der Waals surface area contributed by atoms with Crippen molar-refractivity contribution in [3.05, 3.63) is 52.1 Å². The number of carbonyl (C=O) groups excluding carboxylic acids is 1. The van der Waals surface area contributed by atoms with E-state index in [1.807, 2.05) is 24.3 Å². The molecule has 0 aliphatic heterocycles. The second kappa shape index (κ2) is 5.37. The molecule has 1 aromatic carbocycles. The van der Waals surface area contributed by atoms with Gasteiger partial charge in [-0.05, 0) is 6.07 Å². The minimum Gasteiger partial charge on any atom is -0.476 e. The molecule has 2 aromatic heterocycles. The molecule has 21 heavy (non-hydrogen) atoms. The van der Waals surface area contributed by atoms with Crippen molar-refractivity contribution in [2.45, 2.75) is 6.54 Å². The first-order chi connectivity index (χ1) is 10.1. The van der Waals surface area contributed by atoms with Gasteiger partial charge in [0.15, 0.2) is 5.69 Å². The molecule has 0 aliphatic carbocycles. The van der Waals surface area contributed by atoms with Crippen molar-refractivity contribution < 1.29 is 14.7 Å². The molecular formula is C14H11N3O3S. The Balaban J connectivity index is 1.72. The molecule has 0 fully saturated rings. The molecule has 3 aromatic rings. The Labute approximate surface area is 123 Å². The summed E-state index contributed by atoms with van der Waals surface area (Å²) in [5.41, 5.74) is 1.45. The van der Waals surface area contributed by atoms with Gasteiger partial charge in [-0.2, -0.15) is 0 Å². The largest absolute Gasteiger partial charge is 0.476 e. The lowest BCUT2D eigenvalue weighted by molar-refractivity contribution is 0.0691. The minimum atomic E-state index is -1.07. The van der Waals surface area contributed by atoms with Gasteiger partial charge in [-0.15, -0.1) is 11.3 Å². The van der Waals surface area contributed by atoms with Crippen LogP contribution in [0.5, 0.6) is 0 Å². The molecule has 3 rings (SSSR count). The number of aromatic carboxylic acids is 1. The van der Waals surface area contributed by atoms with Gasteiger partial charge < -0.3 is 15.4 Å². The van der Waals surface area contributed by atoms with Crippen molar-refractivity contribution in [1.29, 1.82) is 0 Å². The van der Waals surface area contributed by atoms with Gasteiger partial charge in [-0.1, -0.05) is 18.2 Å². The van der Waals surface area contributed by atoms with E-state index in [9.17, 15) is 9.59 Å². The lowest BCUT2D eigenvalue weighted by atomic mass is 10.1. The molecule has 0 bridgehead atoms. The second-order valence-corrected chi connectivity index (χ2v) is 5.30. The van der Waals surface area contributed by atoms with Crippen LogP contribution in [0, 0.1) is 0 Å². The van der Waals surface area contributed by atoms with Crippen LogP contribution >= 0.6 is 11.3 Å². The summed E-state index contributed by atoms with van der Waals surface area (Å²) in [5.74, 6) is -1.29. The zero-order valence-corrected chi connectivity index (χ0v) is 11.6. The summed E-state index contributed by atoms with van der Waals surface area (Å²) in [4.78, 5) is 29.9. The Kier molecular flexibility index (Phi) is 3.41. The molecule has 106 valence electrons. The van der Waals surface area contributed by atoms with Gasteiger partial charge in [0, 0.05) is 22.5 Å². The van der Waals surface area contributed by atoms with Crippen molar-refractivity contribution in [2.75, 3.05) is 0 Å². The highest BCUT2D eigenvalue weighted by atomic mass is 32.1. The fraction of sp³-hybridized carbons (Fsp3) is 0.0714. The number of rotatable bonds is 4. The number of thiazole rings is 1. The van der Waals surface area contributed by atoms with E-state index >= 15 is 0 Å². The van der Waals surface area contributed by atoms with Gasteiger partial charge in [-0.25, -0.2) is 9.78 Å². The second-order valence-electron chi connectivity index (χ2n) is 4.36. The summed E-state index contributed by atoms with van der Waals surface area (Å²) < 4.78 is 0. The maximum absolute atomic E-state index is 12.2. The van der Waals surface area contributed by atoms with E-state index in [1.165, 1.54) is 16.7 Å². The predicted molar refractivity (Wildman–Crippen MR) is 78.5 cm³/mol. The predicted octanol–water partition coefficient (Wildman–Crippen LogP) is 2.25. The number of hydrogen-bond donors (Lipinski definition) is 3. The van der Waals surface area contributed by atoms with Gasteiger partial charge in [0.2, 0.25) is 0 Å². The SMILES string of the molecule is O=C(O)c1csc(CNC(=O)c2c[nH]c3ccccc23)n1. The number of para-hydroxylation sites is 1. The third-order valence-corrected chi connectivity index (χ3v) is 3.85. The highest BCUT2D eigenvalue weighted by Crippen LogP contribution is 2.17. The lowest BCUT2D eigenvalue weighted by Gasteiger charge is -2.01. The van der Waals surface area contributed by atoms with Gasteiger partial charge >= 0.3 is 5.97 Å². The van der Waals surface area contributed by atoms with Crippen LogP contribution in [0.2, 0.25) is 0 Å². The molecule has 2 heterocycles. The van der Waals surface area contributed by atoms with E-state index in [0.717, 1.165) is 10.9 Å². The zero-order valence-electron chi connectivity index (χ0n) is 10.8. The zero-order chi connectivity index (χ0) is 14.8. The van der Waals surface area contributed by atoms with Crippen molar-refractivity contribution >= 4 is 34.1 Å². The molecule has 0 radical (unpaired) electrons. The molecule has 7 heteroatoms. The molecule has 0 unspecified atom stereocenters. The molecule has 0 spiro atoms. The Morgan fingerprint density at radius 1 is 1.33 bits per heavy atom. The number of carboxylic acid groups (broad SMARTS) is 1. The third-order valence-electron chi connectivity index (χ3n) is 3.00. The Morgan fingerprint density at radius 3 is 2.90 bits per heavy atom. The lowest BCUT2D eigenvalue weighted by Crippen LogP contribution is -2.22. The Bertz CT molecular complexity index is 822. The van der Waals surface area contributed by atoms with E-state index < -0.39 is 5.97 Å². The van der Waals surface area contributed by atoms with Crippen molar-refractivity contribution in [2.24, 2.45) is 0 Å². The van der Waals surface area contributed by atoms with E-state index in [-0.39, 0.29) is 18.1 Å². The maximum atomic E-state index is 12.2. The number of carbonyl (C=O) groups is 2. The number of aromatic amines is 1. The third kappa shape index (κ3) is 2.63. The smallest absolute Gasteiger partial charge is 0.355 e. The van der Waals surface area contributed by atoms with Crippen LogP contribution in [0.1, 0.15) is 25.9 Å². The van der Waals surface area contributed by atoms with Crippen molar-refractivity contribution in [1.82, 2.24) is 15.3 Å². The number of benzene rings is 1. The first-order valence-corrected chi connectivity index (χ1v) is 7.05. The summed E-state index contributed by atoms with van der Waals surface area (Å²) >= 11 is 1.21. The average Bonchev–Trinajstić information content (AvgIpc) is 3.11. The first kappa shape index (κ1) is 13.3. The normalized spacial score (nSPS) is 10.7. The number of H-pyrrole nitrogens is 1. The molecular weight excluding hydrogens is 290 g/mol. The van der Waals surface area contributed by atoms with E-state index in [1.54, 1.807) is 6.20 Å². The van der Waals surface area contributed by atoms with E-state index in [2.05, 4.69) is 15.3 Å². The van der Waals surface area contributed by atoms with Gasteiger partial charge in [0.25, 0.3) is 5.91 Å². The van der Waals surface area contributed by atoms with Crippen LogP contribution in [-0.4, -0.2) is 27.0 Å². The first-order valence-electron chi connectivity index (χ1n) is 6.17. The quantitative estimate of drug-likeness (QED) is 0.688. The highest BCUT2D eigenvalue weighted by molar-refractivity contribution is 7.09. The summed E-state index contributed by atoms with van der Waals surface area (Å²) in [5, 5.41) is 14.4. The van der Waals surface area contributed by atoms with Crippen LogP contribution in [-0.2, 0) is 6.54 Å². The van der Waals surface area contributed by atoms with Gasteiger partial charge in [0.1, 0.15) is 5.01 Å². The Hall–Kier alpha value is -2.67. The number of aromatic nitrogens is 2. The van der Waals surface area contributed by atoms with Crippen LogP contribution in [0.3, 0.4) is 0 Å². The highest BCUT2D eigenvalue weighted by Gasteiger charge is 2.13. The summed E-state index contributed by atoms with van der Waals surface area (Å²) in [6.07, 6.45) is 1.66. The standard InChI is InChI=1S/C14H11N3O3S/c18-13(9-5-15-10-4-2-1-3-8(9)10)16-6-12-17-11(7-21-12)14(19)20/h1-5,7,15H,6H2,(H,16,18)(H,19,20). The fourth-order valence-corrected chi connectivity index (χ4v) is 2.71. The number of hydrogen-bond acceptors (Lipinski definition) is 4. The van der Waals surface area contributed by atoms with Crippen LogP contribution in [0.4, 0.5) is 0 Å². The van der Waals surface area contributed by atoms with Gasteiger partial charge in [0.05, 0.1) is 12.1 Å². The molecule has 0 atom stereocenters. The number of fused-ring (bicyclic) bond motifs is 1. The van der Waals surface area contributed by atoms with Crippen molar-refractivity contribution in [3.63, 3.8) is 0 Å². The van der Waals surface area contributed by atoms with Crippen LogP contribution in [0.15, 0.2) is 35.8 Å². The molecule has 6 nitrogen and oxygen atoms in total. The molecule has 0 saturated heterocycles. The Morgan fingerprint density at radius 2 is 2.14 bits per heavy atom. The topological polar surface area (TPSA) is 95.1 Å². The number of nitrogens with one attached hydrogen (secondary N) is 2. The van der Waals surface area contributed by atoms with Gasteiger partial charge in [-0.3, -0.25) is 4.79 Å². The van der Waals surface area contributed by atoms with Crippen molar-refractivity contribution in [3.8, 4) is 0 Å². The molecule has 3 N–H and O–H groups in total. The summed E-state index contributed by atoms with van der Waals surface area (Å²) in [7, 11) is 0. The average molecular weight is 301 g/mol. The fourth-order valence-electron chi connectivity index (χ4n) is 2.00. The number of amides is 1. The van der Waals surface area contributed by atoms with Crippen LogP contribution < -0.4 is 5.32 Å². The minimum absolute atomic E-state index is 0.00339. The number of nitrogens with zero attached hydrogens (tertiary/aromatic N) is 1. The molecule has 0 saturated carbocycles. The van der Waals surface area contributed by atoms with E-state index in [4.69, 9.17) is 5.11 Å². The number of carboxylic acids is 1. The van der Waals surface area contributed by atoms with Crippen LogP contribution in [0.25, 0.3) is 10.9 Å².